The van der Waals surface area contributed by atoms with Crippen molar-refractivity contribution in [3.05, 3.63) is 0 Å². The second-order valence-electron chi connectivity index (χ2n) is 8.99. The van der Waals surface area contributed by atoms with Crippen molar-refractivity contribution in [2.45, 2.75) is 129 Å². The zero-order valence-electron chi connectivity index (χ0n) is 18.6. The van der Waals surface area contributed by atoms with Crippen molar-refractivity contribution < 1.29 is 0 Å². The largest absolute Gasteiger partial charge is 0.0654 e. The topological polar surface area (TPSA) is 0 Å². The fourth-order valence-corrected chi connectivity index (χ4v) is 5.00. The molecule has 0 atom stereocenters. The monoisotopic (exact) mass is 371 g/mol. The van der Waals surface area contributed by atoms with E-state index in [2.05, 4.69) is 27.2 Å². The highest BCUT2D eigenvalue weighted by atomic mass is 31.2. The highest BCUT2D eigenvalue weighted by Crippen LogP contribution is 2.51. The molecule has 152 valence electrons. The van der Waals surface area contributed by atoms with Crippen molar-refractivity contribution in [3.63, 3.8) is 0 Å². The number of rotatable bonds is 20. The first-order valence-electron chi connectivity index (χ1n) is 11.9. The summed E-state index contributed by atoms with van der Waals surface area (Å²) in [6.07, 6.45) is 29.6. The maximum absolute atomic E-state index is 2.53. The average molecular weight is 372 g/mol. The van der Waals surface area contributed by atoms with E-state index in [-0.39, 0.29) is 0 Å². The summed E-state index contributed by atoms with van der Waals surface area (Å²) in [6.45, 7) is 9.74. The van der Waals surface area contributed by atoms with Crippen LogP contribution in [0.3, 0.4) is 0 Å². The summed E-state index contributed by atoms with van der Waals surface area (Å²) in [5.41, 5.74) is 0. The van der Waals surface area contributed by atoms with E-state index in [0.717, 1.165) is 0 Å². The van der Waals surface area contributed by atoms with Gasteiger partial charge in [-0.2, -0.15) is 0 Å². The Morgan fingerprint density at radius 1 is 0.400 bits per heavy atom. The van der Waals surface area contributed by atoms with Crippen LogP contribution in [0.25, 0.3) is 0 Å². The Balaban J connectivity index is 3.05. The maximum Gasteiger partial charge on any atom is 0.0588 e. The molecule has 0 saturated carbocycles. The van der Waals surface area contributed by atoms with Gasteiger partial charge < -0.3 is 0 Å². The molecule has 0 unspecified atom stereocenters. The van der Waals surface area contributed by atoms with Crippen LogP contribution in [0.1, 0.15) is 129 Å². The molecule has 0 aliphatic rings. The van der Waals surface area contributed by atoms with Crippen LogP contribution in [0.15, 0.2) is 0 Å². The Bertz CT molecular complexity index is 246. The number of hydrogen-bond acceptors (Lipinski definition) is 0. The van der Waals surface area contributed by atoms with E-state index in [0.29, 0.717) is 0 Å². The summed E-state index contributed by atoms with van der Waals surface area (Å²) in [5, 5.41) is 0. The lowest BCUT2D eigenvalue weighted by molar-refractivity contribution is 0.526. The Kier molecular flexibility index (Phi) is 19.5. The molecule has 0 aliphatic heterocycles. The summed E-state index contributed by atoms with van der Waals surface area (Å²) in [4.78, 5) is 0. The fraction of sp³-hybridized carbons (Fsp3) is 1.00. The minimum Gasteiger partial charge on any atom is -0.0654 e. The Labute approximate surface area is 162 Å². The molecule has 0 radical (unpaired) electrons. The van der Waals surface area contributed by atoms with Gasteiger partial charge in [-0.3, -0.25) is 0 Å². The van der Waals surface area contributed by atoms with E-state index in [1.54, 1.807) is 0 Å². The van der Waals surface area contributed by atoms with Gasteiger partial charge in [0.2, 0.25) is 0 Å². The molecule has 1 heteroatoms. The van der Waals surface area contributed by atoms with Crippen LogP contribution in [0, 0.1) is 0 Å². The van der Waals surface area contributed by atoms with Crippen molar-refractivity contribution in [2.24, 2.45) is 0 Å². The van der Waals surface area contributed by atoms with E-state index in [4.69, 9.17) is 0 Å². The standard InChI is InChI=1S/C24H52P/c1-5-7-8-9-10-11-12-13-14-15-16-17-18-19-20-21-22-23-24-25(3,4)6-2/h5-24H2,1-4H3/q+1. The van der Waals surface area contributed by atoms with Gasteiger partial charge in [0.25, 0.3) is 0 Å². The molecule has 0 spiro atoms. The fourth-order valence-electron chi connectivity index (χ4n) is 3.60. The van der Waals surface area contributed by atoms with Gasteiger partial charge in [-0.15, -0.1) is 0 Å². The molecule has 0 aliphatic carbocycles. The van der Waals surface area contributed by atoms with Crippen LogP contribution in [0.4, 0.5) is 0 Å². The smallest absolute Gasteiger partial charge is 0.0588 e. The van der Waals surface area contributed by atoms with Crippen LogP contribution >= 0.6 is 7.26 Å². The van der Waals surface area contributed by atoms with Crippen molar-refractivity contribution in [2.75, 3.05) is 25.7 Å². The van der Waals surface area contributed by atoms with Gasteiger partial charge in [0.1, 0.15) is 0 Å². The summed E-state index contributed by atoms with van der Waals surface area (Å²) >= 11 is 0. The molecule has 0 amide bonds. The third kappa shape index (κ3) is 20.6. The van der Waals surface area contributed by atoms with E-state index in [1.165, 1.54) is 128 Å². The van der Waals surface area contributed by atoms with E-state index >= 15 is 0 Å². The highest BCUT2D eigenvalue weighted by Gasteiger charge is 2.20. The predicted molar refractivity (Wildman–Crippen MR) is 123 cm³/mol. The van der Waals surface area contributed by atoms with E-state index in [9.17, 15) is 0 Å². The minimum absolute atomic E-state index is 0.515. The first kappa shape index (κ1) is 25.4. The number of hydrogen-bond donors (Lipinski definition) is 0. The molecule has 0 nitrogen and oxygen atoms in total. The zero-order chi connectivity index (χ0) is 18.6. The van der Waals surface area contributed by atoms with Crippen molar-refractivity contribution >= 4 is 7.26 Å². The van der Waals surface area contributed by atoms with Crippen molar-refractivity contribution in [1.82, 2.24) is 0 Å². The Morgan fingerprint density at radius 3 is 0.960 bits per heavy atom. The molecule has 25 heavy (non-hydrogen) atoms. The number of unbranched alkanes of at least 4 members (excludes halogenated alkanes) is 17. The van der Waals surface area contributed by atoms with Crippen LogP contribution in [-0.2, 0) is 0 Å². The predicted octanol–water partition coefficient (Wildman–Crippen LogP) is 9.33. The maximum atomic E-state index is 2.53. The van der Waals surface area contributed by atoms with E-state index < -0.39 is 7.26 Å². The second-order valence-corrected chi connectivity index (χ2v) is 13.9. The van der Waals surface area contributed by atoms with Gasteiger partial charge >= 0.3 is 0 Å². The second kappa shape index (κ2) is 19.2. The first-order chi connectivity index (χ1) is 12.1. The molecule has 0 aromatic heterocycles. The quantitative estimate of drug-likeness (QED) is 0.148. The van der Waals surface area contributed by atoms with Crippen molar-refractivity contribution in [1.29, 1.82) is 0 Å². The molecule has 0 N–H and O–H groups in total. The van der Waals surface area contributed by atoms with Gasteiger partial charge in [-0.25, -0.2) is 0 Å². The molecular formula is C24H52P+. The lowest BCUT2D eigenvalue weighted by Gasteiger charge is -2.15. The highest BCUT2D eigenvalue weighted by molar-refractivity contribution is 7.74. The lowest BCUT2D eigenvalue weighted by atomic mass is 10.0. The van der Waals surface area contributed by atoms with Gasteiger partial charge in [0, 0.05) is 20.6 Å². The van der Waals surface area contributed by atoms with Crippen LogP contribution < -0.4 is 0 Å². The van der Waals surface area contributed by atoms with Gasteiger partial charge in [0.15, 0.2) is 0 Å². The third-order valence-electron chi connectivity index (χ3n) is 5.97. The first-order valence-corrected chi connectivity index (χ1v) is 15.0. The minimum atomic E-state index is -0.515. The summed E-state index contributed by atoms with van der Waals surface area (Å²) in [7, 11) is -0.515. The third-order valence-corrected chi connectivity index (χ3v) is 9.21. The van der Waals surface area contributed by atoms with Crippen LogP contribution in [-0.4, -0.2) is 25.7 Å². The average Bonchev–Trinajstić information content (AvgIpc) is 2.60. The van der Waals surface area contributed by atoms with Crippen LogP contribution in [0.2, 0.25) is 0 Å². The van der Waals surface area contributed by atoms with Crippen LogP contribution in [0.5, 0.6) is 0 Å². The van der Waals surface area contributed by atoms with Gasteiger partial charge in [-0.1, -0.05) is 110 Å². The summed E-state index contributed by atoms with van der Waals surface area (Å²) < 4.78 is 0. The normalized spacial score (nSPS) is 12.0. The van der Waals surface area contributed by atoms with Crippen molar-refractivity contribution in [3.8, 4) is 0 Å². The molecule has 0 heterocycles. The molecule has 0 rings (SSSR count). The summed E-state index contributed by atoms with van der Waals surface area (Å²) in [5.74, 6) is 0. The zero-order valence-corrected chi connectivity index (χ0v) is 19.5. The molecule has 0 bridgehead atoms. The Morgan fingerprint density at radius 2 is 0.680 bits per heavy atom. The molecule has 0 aromatic rings. The SMILES string of the molecule is CCCCCCCCCCCCCCCCCCCC[P+](C)(C)CC. The molecular weight excluding hydrogens is 319 g/mol. The van der Waals surface area contributed by atoms with Gasteiger partial charge in [-0.05, 0) is 19.8 Å². The lowest BCUT2D eigenvalue weighted by Crippen LogP contribution is -1.97. The molecule has 0 saturated heterocycles. The van der Waals surface area contributed by atoms with E-state index in [1.807, 2.05) is 0 Å². The molecule has 0 aromatic carbocycles. The van der Waals surface area contributed by atoms with Gasteiger partial charge in [0.05, 0.1) is 12.3 Å². The summed E-state index contributed by atoms with van der Waals surface area (Å²) in [6, 6.07) is 0. The molecule has 0 fully saturated rings. The Hall–Kier alpha value is 0.430.